The zero-order valence-electron chi connectivity index (χ0n) is 34.0. The molecule has 0 fully saturated rings. The fourth-order valence-corrected chi connectivity index (χ4v) is 6.44. The van der Waals surface area contributed by atoms with Crippen LogP contribution < -0.4 is 4.98 Å². The summed E-state index contributed by atoms with van der Waals surface area (Å²) in [5.41, 5.74) is 14.2. The van der Waals surface area contributed by atoms with Crippen LogP contribution in [0.4, 0.5) is 0 Å². The van der Waals surface area contributed by atoms with Crippen molar-refractivity contribution in [2.45, 2.75) is 105 Å². The molecule has 0 amide bonds. The molecule has 7 rings (SSSR count). The van der Waals surface area contributed by atoms with Crippen molar-refractivity contribution in [3.63, 3.8) is 0 Å². The van der Waals surface area contributed by atoms with Gasteiger partial charge in [0.2, 0.25) is 0 Å². The molecule has 0 aliphatic carbocycles. The summed E-state index contributed by atoms with van der Waals surface area (Å²) in [7, 11) is 0. The van der Waals surface area contributed by atoms with E-state index in [4.69, 9.17) is 4.98 Å². The Morgan fingerprint density at radius 3 is 1.44 bits per heavy atom. The molecule has 0 spiro atoms. The average Bonchev–Trinajstić information content (AvgIpc) is 3.48. The van der Waals surface area contributed by atoms with E-state index in [0.717, 1.165) is 39.0 Å². The maximum atomic E-state index is 4.76. The first-order chi connectivity index (χ1) is 24.8. The fraction of sp³-hybridized carbons (Fsp3) is 0.320. The Morgan fingerprint density at radius 2 is 0.981 bits per heavy atom. The number of aromatic nitrogens is 3. The van der Waals surface area contributed by atoms with E-state index in [9.17, 15) is 0 Å². The summed E-state index contributed by atoms with van der Waals surface area (Å²) in [5, 5.41) is 2.56. The number of hydrogen-bond acceptors (Lipinski definition) is 2. The maximum Gasteiger partial charge on any atom is 3.00 e. The van der Waals surface area contributed by atoms with Crippen LogP contribution in [0.2, 0.25) is 0 Å². The normalized spacial score (nSPS) is 12.3. The molecule has 5 aromatic carbocycles. The van der Waals surface area contributed by atoms with Crippen LogP contribution in [0.1, 0.15) is 105 Å². The quantitative estimate of drug-likeness (QED) is 0.131. The van der Waals surface area contributed by atoms with E-state index >= 15 is 0 Å². The monoisotopic (exact) mass is 893 g/mol. The zero-order chi connectivity index (χ0) is 38.3. The smallest absolute Gasteiger partial charge is 0.657 e. The molecule has 280 valence electrons. The molecule has 0 atom stereocenters. The Hall–Kier alpha value is -4.28. The van der Waals surface area contributed by atoms with Gasteiger partial charge in [0.05, 0.1) is 0 Å². The van der Waals surface area contributed by atoms with Gasteiger partial charge in [-0.3, -0.25) is 9.97 Å². The van der Waals surface area contributed by atoms with E-state index in [1.165, 1.54) is 38.6 Å². The summed E-state index contributed by atoms with van der Waals surface area (Å²) in [5.74, 6) is 0. The Labute approximate surface area is 339 Å². The van der Waals surface area contributed by atoms with Gasteiger partial charge in [-0.05, 0) is 54.7 Å². The van der Waals surface area contributed by atoms with E-state index in [1.807, 2.05) is 0 Å². The van der Waals surface area contributed by atoms with E-state index in [0.29, 0.717) is 0 Å². The first-order valence-electron chi connectivity index (χ1n) is 18.8. The van der Waals surface area contributed by atoms with Crippen LogP contribution in [0.5, 0.6) is 0 Å². The number of nitrogens with zero attached hydrogens (tertiary/aromatic N) is 3. The first-order valence-corrected chi connectivity index (χ1v) is 18.8. The van der Waals surface area contributed by atoms with E-state index in [2.05, 4.69) is 196 Å². The van der Waals surface area contributed by atoms with E-state index in [-0.39, 0.29) is 44.0 Å². The molecule has 0 aliphatic rings. The van der Waals surface area contributed by atoms with Crippen LogP contribution in [0.15, 0.2) is 110 Å². The standard InChI is InChI=1S/C30H30N2.C20H24N.Au/c1-29(2,3)26-11-7-21(8-12-26)23-17-24(19-25(18-23)28-20-31-15-16-32-28)22-9-13-27(14-10-22)30(4,5)6;1-19(2,3)13-7-9-17-15(11-13)16-12-14(20(4,5)6)8-10-18(16)21-17;/h7-9,11-18,20H,1-6H3;7-12H,1-6H3;/q-2;-1;+3. The van der Waals surface area contributed by atoms with Gasteiger partial charge in [0, 0.05) is 24.3 Å². The van der Waals surface area contributed by atoms with Crippen molar-refractivity contribution in [1.29, 1.82) is 0 Å². The molecule has 0 aliphatic heterocycles. The summed E-state index contributed by atoms with van der Waals surface area (Å²) in [6.45, 7) is 26.9. The minimum Gasteiger partial charge on any atom is -0.657 e. The van der Waals surface area contributed by atoms with Crippen LogP contribution in [-0.2, 0) is 44.0 Å². The topological polar surface area (TPSA) is 39.9 Å². The number of fused-ring (bicyclic) bond motifs is 3. The first kappa shape index (κ1) is 40.9. The van der Waals surface area contributed by atoms with Crippen molar-refractivity contribution in [3.05, 3.63) is 144 Å². The molecule has 0 saturated heterocycles. The van der Waals surface area contributed by atoms with Crippen LogP contribution in [0.3, 0.4) is 0 Å². The number of hydrogen-bond donors (Lipinski definition) is 0. The van der Waals surface area contributed by atoms with Crippen molar-refractivity contribution in [1.82, 2.24) is 15.0 Å². The Balaban J connectivity index is 0.000000221. The molecule has 54 heavy (non-hydrogen) atoms. The molecular weight excluding hydrogens is 840 g/mol. The van der Waals surface area contributed by atoms with Crippen molar-refractivity contribution in [3.8, 4) is 33.5 Å². The van der Waals surface area contributed by atoms with Crippen LogP contribution in [-0.4, -0.2) is 9.97 Å². The Kier molecular flexibility index (Phi) is 11.7. The molecular formula is C50H54AuN3. The molecule has 0 N–H and O–H groups in total. The molecule has 7 aromatic rings. The summed E-state index contributed by atoms with van der Waals surface area (Å²) in [6, 6.07) is 40.0. The minimum atomic E-state index is 0. The second-order valence-corrected chi connectivity index (χ2v) is 18.4. The molecule has 2 aromatic heterocycles. The fourth-order valence-electron chi connectivity index (χ4n) is 6.44. The van der Waals surface area contributed by atoms with Gasteiger partial charge in [-0.25, -0.2) is 5.56 Å². The third kappa shape index (κ3) is 9.32. The second-order valence-electron chi connectivity index (χ2n) is 18.4. The maximum absolute atomic E-state index is 4.76. The minimum absolute atomic E-state index is 0. The second kappa shape index (κ2) is 15.5. The Morgan fingerprint density at radius 1 is 0.481 bits per heavy atom. The average molecular weight is 894 g/mol. The van der Waals surface area contributed by atoms with Crippen molar-refractivity contribution in [2.75, 3.05) is 0 Å². The number of rotatable bonds is 3. The van der Waals surface area contributed by atoms with E-state index < -0.39 is 0 Å². The van der Waals surface area contributed by atoms with Crippen molar-refractivity contribution in [2.24, 2.45) is 0 Å². The SMILES string of the molecule is CC(C)(C)c1c[c-]c(-c2[c-]c(-c3cnccn3)cc(-c3ccc(C(C)(C)C)cc3)c2)cc1.CC(C)(C)c1ccc2[n-]c3ccc(C(C)(C)C)cc3c2c1.[Au+3]. The van der Waals surface area contributed by atoms with Gasteiger partial charge in [-0.2, -0.15) is 35.9 Å². The third-order valence-electron chi connectivity index (χ3n) is 10.0. The van der Waals surface area contributed by atoms with Gasteiger partial charge in [0.15, 0.2) is 0 Å². The molecule has 3 nitrogen and oxygen atoms in total. The van der Waals surface area contributed by atoms with Crippen LogP contribution >= 0.6 is 0 Å². The Bertz CT molecular complexity index is 2190. The van der Waals surface area contributed by atoms with Gasteiger partial charge < -0.3 is 4.98 Å². The van der Waals surface area contributed by atoms with Gasteiger partial charge >= 0.3 is 22.4 Å². The van der Waals surface area contributed by atoms with Gasteiger partial charge in [-0.15, -0.1) is 34.3 Å². The van der Waals surface area contributed by atoms with Crippen molar-refractivity contribution < 1.29 is 22.4 Å². The summed E-state index contributed by atoms with van der Waals surface area (Å²) >= 11 is 0. The summed E-state index contributed by atoms with van der Waals surface area (Å²) in [4.78, 5) is 13.5. The third-order valence-corrected chi connectivity index (χ3v) is 10.0. The predicted octanol–water partition coefficient (Wildman–Crippen LogP) is 13.2. The number of benzene rings is 5. The molecule has 2 heterocycles. The molecule has 0 unspecified atom stereocenters. The summed E-state index contributed by atoms with van der Waals surface area (Å²) < 4.78 is 0. The molecule has 4 heteroatoms. The largest absolute Gasteiger partial charge is 3.00 e. The predicted molar refractivity (Wildman–Crippen MR) is 226 cm³/mol. The molecule has 0 saturated carbocycles. The van der Waals surface area contributed by atoms with Crippen molar-refractivity contribution >= 4 is 21.8 Å². The summed E-state index contributed by atoms with van der Waals surface area (Å²) in [6.07, 6.45) is 5.20. The molecule has 0 bridgehead atoms. The molecule has 0 radical (unpaired) electrons. The van der Waals surface area contributed by atoms with Gasteiger partial charge in [0.1, 0.15) is 0 Å². The van der Waals surface area contributed by atoms with Gasteiger partial charge in [0.25, 0.3) is 0 Å². The van der Waals surface area contributed by atoms with E-state index in [1.54, 1.807) is 18.6 Å². The zero-order valence-corrected chi connectivity index (χ0v) is 36.2. The van der Waals surface area contributed by atoms with Crippen LogP contribution in [0.25, 0.3) is 55.3 Å². The van der Waals surface area contributed by atoms with Crippen LogP contribution in [0, 0.1) is 12.1 Å². The van der Waals surface area contributed by atoms with Gasteiger partial charge in [-0.1, -0.05) is 149 Å².